The lowest BCUT2D eigenvalue weighted by Gasteiger charge is -2.30. The van der Waals surface area contributed by atoms with E-state index in [9.17, 15) is 0 Å². The molecule has 0 aromatic rings. The second kappa shape index (κ2) is 9.63. The molecular weight excluding hydrogens is 288 g/mol. The van der Waals surface area contributed by atoms with Crippen LogP contribution < -0.4 is 0 Å². The first-order valence-corrected chi connectivity index (χ1v) is 11.8. The van der Waals surface area contributed by atoms with E-state index >= 15 is 0 Å². The van der Waals surface area contributed by atoms with Crippen LogP contribution in [0.4, 0.5) is 0 Å². The molecule has 0 N–H and O–H groups in total. The van der Waals surface area contributed by atoms with Crippen molar-refractivity contribution in [2.24, 2.45) is 35.5 Å². The minimum absolute atomic E-state index is 1.05. The van der Waals surface area contributed by atoms with Gasteiger partial charge < -0.3 is 0 Å². The highest BCUT2D eigenvalue weighted by Gasteiger charge is 2.32. The fourth-order valence-electron chi connectivity index (χ4n) is 6.87. The molecule has 0 heterocycles. The molecule has 140 valence electrons. The second-order valence-corrected chi connectivity index (χ2v) is 9.94. The molecule has 0 aromatic carbocycles. The van der Waals surface area contributed by atoms with E-state index < -0.39 is 0 Å². The molecule has 4 rings (SSSR count). The summed E-state index contributed by atoms with van der Waals surface area (Å²) in [6, 6.07) is 0. The third kappa shape index (κ3) is 5.01. The quantitative estimate of drug-likeness (QED) is 0.480. The molecule has 4 aliphatic carbocycles. The molecule has 0 unspecified atom stereocenters. The Morgan fingerprint density at radius 3 is 1.04 bits per heavy atom. The van der Waals surface area contributed by atoms with Crippen molar-refractivity contribution < 1.29 is 0 Å². The van der Waals surface area contributed by atoms with Gasteiger partial charge in [-0.15, -0.1) is 0 Å². The smallest absolute Gasteiger partial charge is 0.0360 e. The van der Waals surface area contributed by atoms with E-state index in [2.05, 4.69) is 13.8 Å². The van der Waals surface area contributed by atoms with Gasteiger partial charge in [0.25, 0.3) is 0 Å². The van der Waals surface area contributed by atoms with Gasteiger partial charge in [0.15, 0.2) is 0 Å². The highest BCUT2D eigenvalue weighted by atomic mass is 14.4. The first-order valence-electron chi connectivity index (χ1n) is 11.8. The van der Waals surface area contributed by atoms with Gasteiger partial charge in [0, 0.05) is 0 Å². The summed E-state index contributed by atoms with van der Waals surface area (Å²) in [5.41, 5.74) is 0. The summed E-state index contributed by atoms with van der Waals surface area (Å²) >= 11 is 0. The number of hydrogen-bond donors (Lipinski definition) is 0. The van der Waals surface area contributed by atoms with Crippen molar-refractivity contribution in [2.45, 2.75) is 117 Å². The second-order valence-electron chi connectivity index (χ2n) is 9.94. The third-order valence-corrected chi connectivity index (χ3v) is 8.37. The van der Waals surface area contributed by atoms with Crippen molar-refractivity contribution in [1.29, 1.82) is 0 Å². The Hall–Kier alpha value is 0. The van der Waals surface area contributed by atoms with E-state index in [0.29, 0.717) is 0 Å². The molecule has 0 aliphatic heterocycles. The van der Waals surface area contributed by atoms with Gasteiger partial charge in [-0.25, -0.2) is 0 Å². The van der Waals surface area contributed by atoms with Crippen LogP contribution in [-0.2, 0) is 0 Å². The summed E-state index contributed by atoms with van der Waals surface area (Å²) in [5.74, 6) is 6.57. The fourth-order valence-corrected chi connectivity index (χ4v) is 6.87. The monoisotopic (exact) mass is 332 g/mol. The molecule has 0 saturated heterocycles. The maximum atomic E-state index is 2.48. The lowest BCUT2D eigenvalue weighted by Crippen LogP contribution is -2.19. The van der Waals surface area contributed by atoms with Crippen molar-refractivity contribution in [3.8, 4) is 0 Å². The van der Waals surface area contributed by atoms with E-state index in [1.54, 1.807) is 38.5 Å². The molecule has 0 heteroatoms. The number of hydrogen-bond acceptors (Lipinski definition) is 0. The Morgan fingerprint density at radius 2 is 0.750 bits per heavy atom. The predicted molar refractivity (Wildman–Crippen MR) is 106 cm³/mol. The highest BCUT2D eigenvalue weighted by Crippen LogP contribution is 2.43. The maximum Gasteiger partial charge on any atom is -0.0360 e. The molecule has 24 heavy (non-hydrogen) atoms. The van der Waals surface area contributed by atoms with Crippen molar-refractivity contribution in [3.63, 3.8) is 0 Å². The van der Waals surface area contributed by atoms with Crippen LogP contribution in [0.2, 0.25) is 0 Å². The van der Waals surface area contributed by atoms with E-state index in [4.69, 9.17) is 0 Å². The van der Waals surface area contributed by atoms with Gasteiger partial charge in [-0.05, 0) is 48.3 Å². The molecule has 4 saturated carbocycles. The van der Waals surface area contributed by atoms with Gasteiger partial charge in [-0.2, -0.15) is 0 Å². The number of rotatable bonds is 2. The van der Waals surface area contributed by atoms with E-state index in [0.717, 1.165) is 35.5 Å². The minimum atomic E-state index is 1.05. The fraction of sp³-hybridized carbons (Fsp3) is 1.00. The first kappa shape index (κ1) is 18.8. The predicted octanol–water partition coefficient (Wildman–Crippen LogP) is 8.01. The summed E-state index contributed by atoms with van der Waals surface area (Å²) < 4.78 is 0. The SMILES string of the molecule is C[C@@H]1CCC[C@@H]1C1CCCCC1.C[C@H]1CCC[C@H]1C1CCCCC1. The van der Waals surface area contributed by atoms with Gasteiger partial charge >= 0.3 is 0 Å². The molecule has 0 radical (unpaired) electrons. The Morgan fingerprint density at radius 1 is 0.375 bits per heavy atom. The Balaban J connectivity index is 0.000000141. The average molecular weight is 333 g/mol. The largest absolute Gasteiger partial charge is 0.0622 e. The lowest BCUT2D eigenvalue weighted by atomic mass is 9.76. The van der Waals surface area contributed by atoms with Crippen LogP contribution in [-0.4, -0.2) is 0 Å². The molecule has 4 aliphatic rings. The highest BCUT2D eigenvalue weighted by molar-refractivity contribution is 4.83. The minimum Gasteiger partial charge on any atom is -0.0622 e. The molecule has 4 fully saturated rings. The van der Waals surface area contributed by atoms with Crippen molar-refractivity contribution in [2.75, 3.05) is 0 Å². The molecule has 4 atom stereocenters. The summed E-state index contributed by atoms with van der Waals surface area (Å²) in [7, 11) is 0. The van der Waals surface area contributed by atoms with Crippen molar-refractivity contribution >= 4 is 0 Å². The van der Waals surface area contributed by atoms with Crippen LogP contribution in [0.15, 0.2) is 0 Å². The lowest BCUT2D eigenvalue weighted by molar-refractivity contribution is 0.211. The Labute approximate surface area is 152 Å². The Bertz CT molecular complexity index is 300. The topological polar surface area (TPSA) is 0 Å². The zero-order valence-electron chi connectivity index (χ0n) is 16.8. The van der Waals surface area contributed by atoms with E-state index in [-0.39, 0.29) is 0 Å². The van der Waals surface area contributed by atoms with Gasteiger partial charge in [-0.1, -0.05) is 104 Å². The van der Waals surface area contributed by atoms with Crippen LogP contribution in [0.1, 0.15) is 117 Å². The summed E-state index contributed by atoms with van der Waals surface area (Å²) in [5, 5.41) is 0. The van der Waals surface area contributed by atoms with Crippen LogP contribution in [0.25, 0.3) is 0 Å². The van der Waals surface area contributed by atoms with Gasteiger partial charge in [0.2, 0.25) is 0 Å². The summed E-state index contributed by atoms with van der Waals surface area (Å²) in [6.07, 6.45) is 24.5. The van der Waals surface area contributed by atoms with Crippen molar-refractivity contribution in [1.82, 2.24) is 0 Å². The Kier molecular flexibility index (Phi) is 7.54. The first-order chi connectivity index (χ1) is 11.8. The average Bonchev–Trinajstić information content (AvgIpc) is 3.25. The molecular formula is C24H44. The van der Waals surface area contributed by atoms with Gasteiger partial charge in [0.05, 0.1) is 0 Å². The molecule has 0 nitrogen and oxygen atoms in total. The molecule has 0 amide bonds. The molecule has 0 bridgehead atoms. The summed E-state index contributed by atoms with van der Waals surface area (Å²) in [4.78, 5) is 0. The molecule has 0 spiro atoms. The van der Waals surface area contributed by atoms with Crippen LogP contribution in [0.5, 0.6) is 0 Å². The summed E-state index contributed by atoms with van der Waals surface area (Å²) in [6.45, 7) is 4.96. The normalized spacial score (nSPS) is 38.8. The zero-order valence-corrected chi connectivity index (χ0v) is 16.8. The van der Waals surface area contributed by atoms with Gasteiger partial charge in [0.1, 0.15) is 0 Å². The van der Waals surface area contributed by atoms with Crippen molar-refractivity contribution in [3.05, 3.63) is 0 Å². The van der Waals surface area contributed by atoms with Crippen LogP contribution in [0, 0.1) is 35.5 Å². The third-order valence-electron chi connectivity index (χ3n) is 8.37. The maximum absolute atomic E-state index is 2.48. The van der Waals surface area contributed by atoms with Crippen LogP contribution >= 0.6 is 0 Å². The van der Waals surface area contributed by atoms with E-state index in [1.165, 1.54) is 64.2 Å². The van der Waals surface area contributed by atoms with Gasteiger partial charge in [-0.3, -0.25) is 0 Å². The zero-order chi connectivity index (χ0) is 16.8. The molecule has 0 aromatic heterocycles. The van der Waals surface area contributed by atoms with E-state index in [1.807, 2.05) is 0 Å². The van der Waals surface area contributed by atoms with Crippen LogP contribution in [0.3, 0.4) is 0 Å². The standard InChI is InChI=1S/2C12H22/c2*1-10-6-5-9-12(10)11-7-3-2-4-8-11/h2*10-12H,2-9H2,1H3/t2*10-,12+/m10/s1.